The van der Waals surface area contributed by atoms with Gasteiger partial charge in [-0.25, -0.2) is 4.98 Å². The molecule has 0 spiro atoms. The maximum atomic E-state index is 12.3. The molecule has 0 aliphatic heterocycles. The number of fused-ring (bicyclic) bond motifs is 1. The van der Waals surface area contributed by atoms with Crippen molar-refractivity contribution in [1.82, 2.24) is 9.97 Å². The molecule has 2 N–H and O–H groups in total. The predicted octanol–water partition coefficient (Wildman–Crippen LogP) is 3.13. The molecule has 0 radical (unpaired) electrons. The van der Waals surface area contributed by atoms with Crippen LogP contribution in [0.3, 0.4) is 0 Å². The SMILES string of the molecule is COc1ncccc1C(=O)Nc1ccc2[nH]c(C)cc2c1. The Balaban J connectivity index is 1.88. The highest BCUT2D eigenvalue weighted by Crippen LogP contribution is 2.21. The van der Waals surface area contributed by atoms with Gasteiger partial charge in [0.2, 0.25) is 5.88 Å². The summed E-state index contributed by atoms with van der Waals surface area (Å²) in [6, 6.07) is 11.2. The van der Waals surface area contributed by atoms with Crippen LogP contribution in [0, 0.1) is 6.92 Å². The summed E-state index contributed by atoms with van der Waals surface area (Å²) in [4.78, 5) is 19.6. The Labute approximate surface area is 122 Å². The van der Waals surface area contributed by atoms with E-state index < -0.39 is 0 Å². The lowest BCUT2D eigenvalue weighted by atomic mass is 10.2. The standard InChI is InChI=1S/C16H15N3O2/c1-10-8-11-9-12(5-6-14(11)18-10)19-15(20)13-4-3-7-17-16(13)21-2/h3-9,18H,1-2H3,(H,19,20). The molecule has 0 atom stereocenters. The third-order valence-electron chi connectivity index (χ3n) is 3.22. The van der Waals surface area contributed by atoms with Gasteiger partial charge < -0.3 is 15.0 Å². The van der Waals surface area contributed by atoms with E-state index in [1.54, 1.807) is 18.3 Å². The van der Waals surface area contributed by atoms with Gasteiger partial charge in [0.05, 0.1) is 7.11 Å². The quantitative estimate of drug-likeness (QED) is 0.775. The van der Waals surface area contributed by atoms with E-state index in [0.29, 0.717) is 11.4 Å². The van der Waals surface area contributed by atoms with Gasteiger partial charge in [-0.3, -0.25) is 4.79 Å². The van der Waals surface area contributed by atoms with E-state index in [4.69, 9.17) is 4.74 Å². The molecular weight excluding hydrogens is 266 g/mol. The van der Waals surface area contributed by atoms with E-state index in [1.165, 1.54) is 7.11 Å². The Kier molecular flexibility index (Phi) is 3.31. The minimum atomic E-state index is -0.244. The van der Waals surface area contributed by atoms with Crippen molar-refractivity contribution < 1.29 is 9.53 Å². The number of aryl methyl sites for hydroxylation is 1. The smallest absolute Gasteiger partial charge is 0.261 e. The molecule has 5 nitrogen and oxygen atoms in total. The molecule has 5 heteroatoms. The number of methoxy groups -OCH3 is 1. The second kappa shape index (κ2) is 5.28. The average molecular weight is 281 g/mol. The third kappa shape index (κ3) is 2.58. The van der Waals surface area contributed by atoms with Crippen LogP contribution in [-0.4, -0.2) is 23.0 Å². The highest BCUT2D eigenvalue weighted by molar-refractivity contribution is 6.06. The van der Waals surface area contributed by atoms with Crippen LogP contribution in [0.2, 0.25) is 0 Å². The number of aromatic nitrogens is 2. The minimum Gasteiger partial charge on any atom is -0.480 e. The number of carbonyl (C=O) groups excluding carboxylic acids is 1. The van der Waals surface area contributed by atoms with Gasteiger partial charge in [-0.05, 0) is 43.3 Å². The number of pyridine rings is 1. The highest BCUT2D eigenvalue weighted by Gasteiger charge is 2.13. The maximum Gasteiger partial charge on any atom is 0.261 e. The van der Waals surface area contributed by atoms with Crippen molar-refractivity contribution in [1.29, 1.82) is 0 Å². The van der Waals surface area contributed by atoms with E-state index in [-0.39, 0.29) is 5.91 Å². The van der Waals surface area contributed by atoms with Crippen molar-refractivity contribution in [2.45, 2.75) is 6.92 Å². The van der Waals surface area contributed by atoms with E-state index >= 15 is 0 Å². The number of nitrogens with one attached hydrogen (secondary N) is 2. The molecule has 106 valence electrons. The Hall–Kier alpha value is -2.82. The average Bonchev–Trinajstić information content (AvgIpc) is 2.86. The Morgan fingerprint density at radius 2 is 2.14 bits per heavy atom. The summed E-state index contributed by atoms with van der Waals surface area (Å²) in [5.74, 6) is 0.0696. The summed E-state index contributed by atoms with van der Waals surface area (Å²) >= 11 is 0. The molecule has 0 fully saturated rings. The Morgan fingerprint density at radius 3 is 2.95 bits per heavy atom. The van der Waals surface area contributed by atoms with Crippen LogP contribution in [0.5, 0.6) is 5.88 Å². The monoisotopic (exact) mass is 281 g/mol. The summed E-state index contributed by atoms with van der Waals surface area (Å²) in [6.45, 7) is 2.00. The molecule has 0 saturated heterocycles. The fourth-order valence-electron chi connectivity index (χ4n) is 2.28. The molecule has 2 aromatic heterocycles. The zero-order valence-corrected chi connectivity index (χ0v) is 11.8. The van der Waals surface area contributed by atoms with Crippen molar-refractivity contribution in [3.8, 4) is 5.88 Å². The predicted molar refractivity (Wildman–Crippen MR) is 81.8 cm³/mol. The molecule has 0 aliphatic carbocycles. The van der Waals surface area contributed by atoms with Crippen LogP contribution in [0.4, 0.5) is 5.69 Å². The van der Waals surface area contributed by atoms with Gasteiger partial charge in [-0.2, -0.15) is 0 Å². The number of benzene rings is 1. The number of anilines is 1. The van der Waals surface area contributed by atoms with Crippen molar-refractivity contribution in [3.05, 3.63) is 53.9 Å². The number of amides is 1. The van der Waals surface area contributed by atoms with Crippen LogP contribution in [0.25, 0.3) is 10.9 Å². The van der Waals surface area contributed by atoms with Gasteiger partial charge in [0, 0.05) is 28.5 Å². The van der Waals surface area contributed by atoms with Gasteiger partial charge in [0.15, 0.2) is 0 Å². The highest BCUT2D eigenvalue weighted by atomic mass is 16.5. The van der Waals surface area contributed by atoms with E-state index in [2.05, 4.69) is 15.3 Å². The minimum absolute atomic E-state index is 0.244. The number of ether oxygens (including phenoxy) is 1. The van der Waals surface area contributed by atoms with Crippen LogP contribution >= 0.6 is 0 Å². The number of carbonyl (C=O) groups is 1. The van der Waals surface area contributed by atoms with Crippen molar-refractivity contribution in [2.24, 2.45) is 0 Å². The van der Waals surface area contributed by atoms with Gasteiger partial charge in [-0.1, -0.05) is 0 Å². The number of rotatable bonds is 3. The summed E-state index contributed by atoms with van der Waals surface area (Å²) in [6.07, 6.45) is 1.59. The van der Waals surface area contributed by atoms with Crippen LogP contribution < -0.4 is 10.1 Å². The first-order chi connectivity index (χ1) is 10.2. The number of nitrogens with zero attached hydrogens (tertiary/aromatic N) is 1. The topological polar surface area (TPSA) is 67.0 Å². The van der Waals surface area contributed by atoms with E-state index in [9.17, 15) is 4.79 Å². The summed E-state index contributed by atoms with van der Waals surface area (Å²) in [5.41, 5.74) is 3.27. The summed E-state index contributed by atoms with van der Waals surface area (Å²) in [5, 5.41) is 3.92. The second-order valence-electron chi connectivity index (χ2n) is 4.77. The van der Waals surface area contributed by atoms with Gasteiger partial charge in [0.25, 0.3) is 5.91 Å². The molecule has 1 amide bonds. The molecule has 1 aromatic carbocycles. The zero-order valence-electron chi connectivity index (χ0n) is 11.8. The number of H-pyrrole nitrogens is 1. The molecule has 0 unspecified atom stereocenters. The maximum absolute atomic E-state index is 12.3. The lowest BCUT2D eigenvalue weighted by Gasteiger charge is -2.08. The van der Waals surface area contributed by atoms with E-state index in [0.717, 1.165) is 22.3 Å². The Morgan fingerprint density at radius 1 is 1.29 bits per heavy atom. The third-order valence-corrected chi connectivity index (χ3v) is 3.22. The molecular formula is C16H15N3O2. The van der Waals surface area contributed by atoms with Crippen LogP contribution in [-0.2, 0) is 0 Å². The fourth-order valence-corrected chi connectivity index (χ4v) is 2.28. The van der Waals surface area contributed by atoms with Crippen LogP contribution in [0.15, 0.2) is 42.6 Å². The molecule has 0 saturated carbocycles. The molecule has 3 rings (SSSR count). The molecule has 3 aromatic rings. The van der Waals surface area contributed by atoms with Crippen molar-refractivity contribution >= 4 is 22.5 Å². The first-order valence-electron chi connectivity index (χ1n) is 6.57. The van der Waals surface area contributed by atoms with Gasteiger partial charge >= 0.3 is 0 Å². The van der Waals surface area contributed by atoms with Crippen molar-refractivity contribution in [2.75, 3.05) is 12.4 Å². The molecule has 0 bridgehead atoms. The molecule has 0 aliphatic rings. The zero-order chi connectivity index (χ0) is 14.8. The number of hydrogen-bond acceptors (Lipinski definition) is 3. The first kappa shape index (κ1) is 13.2. The lowest BCUT2D eigenvalue weighted by molar-refractivity contribution is 0.102. The first-order valence-corrected chi connectivity index (χ1v) is 6.57. The fraction of sp³-hybridized carbons (Fsp3) is 0.125. The largest absolute Gasteiger partial charge is 0.480 e. The number of hydrogen-bond donors (Lipinski definition) is 2. The lowest BCUT2D eigenvalue weighted by Crippen LogP contribution is -2.13. The number of aromatic amines is 1. The van der Waals surface area contributed by atoms with Crippen molar-refractivity contribution in [3.63, 3.8) is 0 Å². The summed E-state index contributed by atoms with van der Waals surface area (Å²) in [7, 11) is 1.49. The van der Waals surface area contributed by atoms with E-state index in [1.807, 2.05) is 31.2 Å². The summed E-state index contributed by atoms with van der Waals surface area (Å²) < 4.78 is 5.10. The second-order valence-corrected chi connectivity index (χ2v) is 4.77. The molecule has 2 heterocycles. The normalized spacial score (nSPS) is 10.6. The van der Waals surface area contributed by atoms with Gasteiger partial charge in [0.1, 0.15) is 5.56 Å². The Bertz CT molecular complexity index is 808. The van der Waals surface area contributed by atoms with Gasteiger partial charge in [-0.15, -0.1) is 0 Å². The van der Waals surface area contributed by atoms with Crippen LogP contribution in [0.1, 0.15) is 16.1 Å². The molecule has 21 heavy (non-hydrogen) atoms.